The molecule has 3 atom stereocenters. The summed E-state index contributed by atoms with van der Waals surface area (Å²) in [6, 6.07) is -0.418. The summed E-state index contributed by atoms with van der Waals surface area (Å²) in [5.74, 6) is -4.70. The van der Waals surface area contributed by atoms with E-state index in [1.54, 1.807) is 0 Å². The number of fused-ring (bicyclic) bond motifs is 2. The fourth-order valence-corrected chi connectivity index (χ4v) is 2.53. The van der Waals surface area contributed by atoms with Gasteiger partial charge < -0.3 is 15.1 Å². The normalized spacial score (nSPS) is 32.6. The van der Waals surface area contributed by atoms with Crippen molar-refractivity contribution in [2.24, 2.45) is 11.8 Å². The van der Waals surface area contributed by atoms with Crippen molar-refractivity contribution in [2.45, 2.75) is 12.5 Å². The van der Waals surface area contributed by atoms with E-state index in [4.69, 9.17) is 10.2 Å². The van der Waals surface area contributed by atoms with Crippen molar-refractivity contribution in [2.75, 3.05) is 7.05 Å². The minimum absolute atomic E-state index is 0.0852. The van der Waals surface area contributed by atoms with E-state index in [0.717, 1.165) is 0 Å². The second-order valence-electron chi connectivity index (χ2n) is 4.06. The first kappa shape index (κ1) is 10.7. The van der Waals surface area contributed by atoms with Crippen molar-refractivity contribution < 1.29 is 24.6 Å². The fraction of sp³-hybridized carbons (Fsp3) is 0.500. The molecule has 0 aromatic heterocycles. The SMILES string of the molecule is CN1C(=O)[C@@H]2C(C(=O)O)=CC[C@H]1[C@H]2C(=O)O. The van der Waals surface area contributed by atoms with Crippen molar-refractivity contribution in [1.82, 2.24) is 4.90 Å². The van der Waals surface area contributed by atoms with Gasteiger partial charge in [0.25, 0.3) is 0 Å². The van der Waals surface area contributed by atoms with Gasteiger partial charge in [0.15, 0.2) is 0 Å². The van der Waals surface area contributed by atoms with Crippen LogP contribution >= 0.6 is 0 Å². The molecule has 2 aliphatic rings. The third-order valence-corrected chi connectivity index (χ3v) is 3.33. The van der Waals surface area contributed by atoms with Gasteiger partial charge in [-0.1, -0.05) is 6.08 Å². The highest BCUT2D eigenvalue weighted by atomic mass is 16.4. The lowest BCUT2D eigenvalue weighted by Crippen LogP contribution is -2.36. The number of amides is 1. The average Bonchev–Trinajstić information content (AvgIpc) is 2.39. The van der Waals surface area contributed by atoms with E-state index >= 15 is 0 Å². The number of likely N-dealkylation sites (tertiary alicyclic amines) is 1. The van der Waals surface area contributed by atoms with E-state index in [1.165, 1.54) is 18.0 Å². The predicted octanol–water partition coefficient (Wildman–Crippen LogP) is -0.441. The van der Waals surface area contributed by atoms with Gasteiger partial charge in [0, 0.05) is 18.7 Å². The maximum absolute atomic E-state index is 11.8. The third kappa shape index (κ3) is 1.22. The van der Waals surface area contributed by atoms with Gasteiger partial charge in [-0.05, 0) is 6.42 Å². The summed E-state index contributed by atoms with van der Waals surface area (Å²) in [5, 5.41) is 18.0. The Morgan fingerprint density at radius 1 is 1.44 bits per heavy atom. The number of carbonyl (C=O) groups excluding carboxylic acids is 1. The van der Waals surface area contributed by atoms with Gasteiger partial charge in [-0.25, -0.2) is 4.79 Å². The van der Waals surface area contributed by atoms with Gasteiger partial charge in [0.05, 0.1) is 11.8 Å². The lowest BCUT2D eigenvalue weighted by molar-refractivity contribution is -0.145. The Hall–Kier alpha value is -1.85. The van der Waals surface area contributed by atoms with E-state index in [2.05, 4.69) is 0 Å². The fourth-order valence-electron chi connectivity index (χ4n) is 2.53. The predicted molar refractivity (Wildman–Crippen MR) is 51.5 cm³/mol. The molecule has 1 fully saturated rings. The molecule has 2 N–H and O–H groups in total. The second-order valence-corrected chi connectivity index (χ2v) is 4.06. The average molecular weight is 225 g/mol. The summed E-state index contributed by atoms with van der Waals surface area (Å²) < 4.78 is 0. The minimum Gasteiger partial charge on any atom is -0.481 e. The topological polar surface area (TPSA) is 94.9 Å². The zero-order valence-electron chi connectivity index (χ0n) is 8.58. The maximum atomic E-state index is 11.8. The summed E-state index contributed by atoms with van der Waals surface area (Å²) in [5.41, 5.74) is -0.0852. The number of rotatable bonds is 2. The van der Waals surface area contributed by atoms with Crippen LogP contribution in [0.25, 0.3) is 0 Å². The molecule has 1 saturated heterocycles. The zero-order valence-corrected chi connectivity index (χ0v) is 8.58. The largest absolute Gasteiger partial charge is 0.481 e. The van der Waals surface area contributed by atoms with E-state index in [-0.39, 0.29) is 12.0 Å². The third-order valence-electron chi connectivity index (χ3n) is 3.33. The van der Waals surface area contributed by atoms with Crippen molar-refractivity contribution in [3.63, 3.8) is 0 Å². The van der Waals surface area contributed by atoms with Gasteiger partial charge in [0.1, 0.15) is 0 Å². The Morgan fingerprint density at radius 3 is 2.56 bits per heavy atom. The summed E-state index contributed by atoms with van der Waals surface area (Å²) >= 11 is 0. The molecule has 0 saturated carbocycles. The lowest BCUT2D eigenvalue weighted by Gasteiger charge is -2.24. The molecule has 2 bridgehead atoms. The molecule has 0 spiro atoms. The summed E-state index contributed by atoms with van der Waals surface area (Å²) in [6.07, 6.45) is 1.75. The van der Waals surface area contributed by atoms with Crippen molar-refractivity contribution in [1.29, 1.82) is 0 Å². The van der Waals surface area contributed by atoms with Gasteiger partial charge in [0.2, 0.25) is 5.91 Å². The highest BCUT2D eigenvalue weighted by Crippen LogP contribution is 2.41. The highest BCUT2D eigenvalue weighted by molar-refractivity contribution is 6.01. The van der Waals surface area contributed by atoms with Crippen LogP contribution in [0.3, 0.4) is 0 Å². The number of carboxylic acids is 2. The van der Waals surface area contributed by atoms with Crippen molar-refractivity contribution in [3.8, 4) is 0 Å². The molecular formula is C10H11NO5. The molecule has 6 heteroatoms. The van der Waals surface area contributed by atoms with Crippen LogP contribution < -0.4 is 0 Å². The quantitative estimate of drug-likeness (QED) is 0.664. The van der Waals surface area contributed by atoms with Crippen LogP contribution in [-0.4, -0.2) is 46.0 Å². The molecule has 86 valence electrons. The first-order chi connectivity index (χ1) is 7.45. The highest BCUT2D eigenvalue weighted by Gasteiger charge is 2.54. The molecule has 2 rings (SSSR count). The van der Waals surface area contributed by atoms with E-state index in [0.29, 0.717) is 0 Å². The Balaban J connectivity index is 2.47. The Bertz CT molecular complexity index is 413. The van der Waals surface area contributed by atoms with Crippen molar-refractivity contribution in [3.05, 3.63) is 11.6 Å². The number of hydrogen-bond donors (Lipinski definition) is 2. The second kappa shape index (κ2) is 3.33. The molecular weight excluding hydrogens is 214 g/mol. The molecule has 0 aromatic rings. The Labute approximate surface area is 91.2 Å². The number of carbonyl (C=O) groups is 3. The maximum Gasteiger partial charge on any atom is 0.332 e. The molecule has 1 aliphatic heterocycles. The van der Waals surface area contributed by atoms with Gasteiger partial charge >= 0.3 is 11.9 Å². The van der Waals surface area contributed by atoms with E-state index in [1.807, 2.05) is 0 Å². The molecule has 6 nitrogen and oxygen atoms in total. The minimum atomic E-state index is -1.21. The Kier molecular flexibility index (Phi) is 2.22. The first-order valence-electron chi connectivity index (χ1n) is 4.88. The van der Waals surface area contributed by atoms with E-state index < -0.39 is 35.7 Å². The molecule has 16 heavy (non-hydrogen) atoms. The van der Waals surface area contributed by atoms with Crippen LogP contribution in [-0.2, 0) is 14.4 Å². The van der Waals surface area contributed by atoms with Gasteiger partial charge in [-0.15, -0.1) is 0 Å². The number of hydrogen-bond acceptors (Lipinski definition) is 3. The molecule has 1 aliphatic carbocycles. The van der Waals surface area contributed by atoms with Gasteiger partial charge in [-0.3, -0.25) is 9.59 Å². The summed E-state index contributed by atoms with van der Waals surface area (Å²) in [7, 11) is 1.52. The summed E-state index contributed by atoms with van der Waals surface area (Å²) in [4.78, 5) is 35.1. The molecule has 1 amide bonds. The van der Waals surface area contributed by atoms with Crippen LogP contribution in [0.1, 0.15) is 6.42 Å². The van der Waals surface area contributed by atoms with Crippen LogP contribution in [0.5, 0.6) is 0 Å². The zero-order chi connectivity index (χ0) is 12.0. The molecule has 0 aromatic carbocycles. The monoisotopic (exact) mass is 225 g/mol. The number of aliphatic carboxylic acids is 2. The Morgan fingerprint density at radius 2 is 2.06 bits per heavy atom. The molecule has 0 unspecified atom stereocenters. The summed E-state index contributed by atoms with van der Waals surface area (Å²) in [6.45, 7) is 0. The van der Waals surface area contributed by atoms with Crippen LogP contribution in [0, 0.1) is 11.8 Å². The molecule has 0 radical (unpaired) electrons. The van der Waals surface area contributed by atoms with Crippen molar-refractivity contribution >= 4 is 17.8 Å². The van der Waals surface area contributed by atoms with Crippen LogP contribution in [0.2, 0.25) is 0 Å². The standard InChI is InChI=1S/C10H11NO5/c1-11-5-3-2-4(9(13)14)6(8(11)12)7(5)10(15)16/h2,5-7H,3H2,1H3,(H,13,14)(H,15,16)/t5-,6+,7+/m0/s1. The number of nitrogens with zero attached hydrogens (tertiary/aromatic N) is 1. The lowest BCUT2D eigenvalue weighted by atomic mass is 9.79. The first-order valence-corrected chi connectivity index (χ1v) is 4.88. The number of carboxylic acid groups (broad SMARTS) is 2. The van der Waals surface area contributed by atoms with Crippen LogP contribution in [0.15, 0.2) is 11.6 Å². The van der Waals surface area contributed by atoms with E-state index in [9.17, 15) is 14.4 Å². The van der Waals surface area contributed by atoms with Crippen LogP contribution in [0.4, 0.5) is 0 Å². The smallest absolute Gasteiger partial charge is 0.332 e. The van der Waals surface area contributed by atoms with Gasteiger partial charge in [-0.2, -0.15) is 0 Å². The molecule has 1 heterocycles.